The molecular weight excluding hydrogens is 352 g/mol. The Morgan fingerprint density at radius 3 is 2.73 bits per heavy atom. The van der Waals surface area contributed by atoms with Gasteiger partial charge in [-0.1, -0.05) is 35.0 Å². The van der Waals surface area contributed by atoms with Crippen molar-refractivity contribution < 1.29 is 9.32 Å². The van der Waals surface area contributed by atoms with Crippen molar-refractivity contribution in [2.75, 3.05) is 13.1 Å². The van der Waals surface area contributed by atoms with E-state index in [1.807, 2.05) is 30.0 Å². The van der Waals surface area contributed by atoms with Crippen molar-refractivity contribution in [3.63, 3.8) is 0 Å². The number of likely N-dealkylation sites (tertiary alicyclic amines) is 1. The number of hydrogen-bond acceptors (Lipinski definition) is 5. The van der Waals surface area contributed by atoms with Crippen LogP contribution in [-0.2, 0) is 0 Å². The Bertz CT molecular complexity index is 785. The summed E-state index contributed by atoms with van der Waals surface area (Å²) in [7, 11) is 0. The molecule has 2 fully saturated rings. The summed E-state index contributed by atoms with van der Waals surface area (Å²) in [6.07, 6.45) is 2.96. The number of rotatable bonds is 3. The molecule has 0 bridgehead atoms. The van der Waals surface area contributed by atoms with E-state index in [0.717, 1.165) is 48.6 Å². The van der Waals surface area contributed by atoms with Crippen molar-refractivity contribution in [1.29, 1.82) is 0 Å². The topological polar surface area (TPSA) is 70.4 Å². The van der Waals surface area contributed by atoms with Gasteiger partial charge in [0, 0.05) is 36.3 Å². The summed E-state index contributed by atoms with van der Waals surface area (Å²) in [6, 6.07) is 10.3. The summed E-state index contributed by atoms with van der Waals surface area (Å²) in [5, 5.41) is 4.60. The van der Waals surface area contributed by atoms with Gasteiger partial charge in [0.1, 0.15) is 0 Å². The number of aryl methyl sites for hydroxylation is 1. The summed E-state index contributed by atoms with van der Waals surface area (Å²) in [6.45, 7) is 3.32. The van der Waals surface area contributed by atoms with Crippen molar-refractivity contribution in [1.82, 2.24) is 20.9 Å². The smallest absolute Gasteiger partial charge is 0.292 e. The molecule has 2 atom stereocenters. The van der Waals surface area contributed by atoms with E-state index in [1.165, 1.54) is 0 Å². The number of carbonyl (C=O) groups is 1. The summed E-state index contributed by atoms with van der Waals surface area (Å²) < 4.78 is 5.10. The lowest BCUT2D eigenvalue weighted by Gasteiger charge is -2.34. The number of halogens is 1. The van der Waals surface area contributed by atoms with Gasteiger partial charge in [0.2, 0.25) is 5.76 Å². The molecule has 138 valence electrons. The van der Waals surface area contributed by atoms with E-state index in [0.29, 0.717) is 17.7 Å². The summed E-state index contributed by atoms with van der Waals surface area (Å²) in [5.41, 5.74) is 8.69. The highest BCUT2D eigenvalue weighted by Gasteiger charge is 2.35. The zero-order valence-electron chi connectivity index (χ0n) is 14.7. The first-order chi connectivity index (χ1) is 12.6. The second-order valence-electron chi connectivity index (χ2n) is 7.17. The molecule has 4 rings (SSSR count). The van der Waals surface area contributed by atoms with Gasteiger partial charge in [-0.05, 0) is 43.7 Å². The van der Waals surface area contributed by atoms with E-state index in [9.17, 15) is 4.79 Å². The van der Waals surface area contributed by atoms with Crippen molar-refractivity contribution in [3.05, 3.63) is 52.4 Å². The lowest BCUT2D eigenvalue weighted by Crippen LogP contribution is -2.44. The van der Waals surface area contributed by atoms with Crippen LogP contribution in [0, 0.1) is 12.8 Å². The van der Waals surface area contributed by atoms with Gasteiger partial charge in [0.15, 0.2) is 0 Å². The number of amides is 1. The maximum absolute atomic E-state index is 12.5. The highest BCUT2D eigenvalue weighted by Crippen LogP contribution is 2.33. The summed E-state index contributed by atoms with van der Waals surface area (Å²) in [4.78, 5) is 14.3. The highest BCUT2D eigenvalue weighted by molar-refractivity contribution is 6.31. The van der Waals surface area contributed by atoms with Gasteiger partial charge in [-0.25, -0.2) is 5.43 Å². The number of nitrogens with zero attached hydrogens (tertiary/aromatic N) is 2. The first kappa shape index (κ1) is 17.5. The first-order valence-electron chi connectivity index (χ1n) is 9.10. The number of hydrazine groups is 1. The van der Waals surface area contributed by atoms with Crippen LogP contribution in [0.3, 0.4) is 0 Å². The van der Waals surface area contributed by atoms with Gasteiger partial charge in [-0.3, -0.25) is 10.2 Å². The van der Waals surface area contributed by atoms with Crippen molar-refractivity contribution >= 4 is 17.5 Å². The molecule has 3 heterocycles. The lowest BCUT2D eigenvalue weighted by atomic mass is 9.86. The molecule has 6 nitrogen and oxygen atoms in total. The fourth-order valence-corrected chi connectivity index (χ4v) is 4.24. The van der Waals surface area contributed by atoms with Gasteiger partial charge >= 0.3 is 0 Å². The highest BCUT2D eigenvalue weighted by atomic mass is 35.5. The first-order valence-corrected chi connectivity index (χ1v) is 9.47. The monoisotopic (exact) mass is 374 g/mol. The van der Waals surface area contributed by atoms with E-state index >= 15 is 0 Å². The number of aromatic nitrogens is 1. The number of hydrogen-bond donors (Lipinski definition) is 2. The Labute approximate surface area is 157 Å². The van der Waals surface area contributed by atoms with Gasteiger partial charge in [-0.15, -0.1) is 0 Å². The summed E-state index contributed by atoms with van der Waals surface area (Å²) in [5.74, 6) is 0.811. The van der Waals surface area contributed by atoms with Gasteiger partial charge in [0.25, 0.3) is 5.91 Å². The van der Waals surface area contributed by atoms with Crippen LogP contribution in [0.15, 0.2) is 34.9 Å². The number of nitrogens with one attached hydrogen (secondary N) is 2. The van der Waals surface area contributed by atoms with Gasteiger partial charge < -0.3 is 9.42 Å². The second kappa shape index (κ2) is 7.39. The normalized spacial score (nSPS) is 24.2. The molecule has 2 aliphatic heterocycles. The quantitative estimate of drug-likeness (QED) is 0.863. The molecule has 2 aliphatic rings. The number of benzene rings is 1. The average Bonchev–Trinajstić information content (AvgIpc) is 3.31. The fourth-order valence-electron chi connectivity index (χ4n) is 3.98. The van der Waals surface area contributed by atoms with Gasteiger partial charge in [-0.2, -0.15) is 0 Å². The maximum atomic E-state index is 12.5. The van der Waals surface area contributed by atoms with Crippen LogP contribution >= 0.6 is 11.6 Å². The van der Waals surface area contributed by atoms with Crippen molar-refractivity contribution in [2.45, 2.75) is 38.3 Å². The third kappa shape index (κ3) is 3.49. The van der Waals surface area contributed by atoms with E-state index in [2.05, 4.69) is 22.1 Å². The van der Waals surface area contributed by atoms with Crippen molar-refractivity contribution in [3.8, 4) is 0 Å². The number of piperidine rings is 1. The molecule has 2 saturated heterocycles. The minimum Gasteiger partial charge on any atom is -0.351 e. The molecule has 2 aromatic rings. The van der Waals surface area contributed by atoms with E-state index < -0.39 is 0 Å². The molecule has 0 aliphatic carbocycles. The predicted octanol–water partition coefficient (Wildman–Crippen LogP) is 3.10. The van der Waals surface area contributed by atoms with Crippen LogP contribution in [0.5, 0.6) is 0 Å². The Hall–Kier alpha value is -1.89. The molecule has 7 heteroatoms. The Morgan fingerprint density at radius 1 is 1.27 bits per heavy atom. The van der Waals surface area contributed by atoms with E-state index in [4.69, 9.17) is 16.1 Å². The molecule has 1 aromatic heterocycles. The van der Waals surface area contributed by atoms with Crippen LogP contribution in [0.25, 0.3) is 0 Å². The minimum atomic E-state index is -0.0597. The van der Waals surface area contributed by atoms with Crippen LogP contribution in [-0.4, -0.2) is 35.1 Å². The summed E-state index contributed by atoms with van der Waals surface area (Å²) >= 11 is 6.33. The minimum absolute atomic E-state index is 0.0597. The van der Waals surface area contributed by atoms with Crippen LogP contribution in [0.2, 0.25) is 5.02 Å². The third-order valence-corrected chi connectivity index (χ3v) is 5.79. The Balaban J connectivity index is 1.33. The Morgan fingerprint density at radius 2 is 2.04 bits per heavy atom. The van der Waals surface area contributed by atoms with Crippen LogP contribution in [0.4, 0.5) is 0 Å². The molecule has 0 radical (unpaired) electrons. The molecule has 1 amide bonds. The SMILES string of the molecule is Cc1cc(C(=O)N2CCC(C3CC(c4ccccc4Cl)NN3)CC2)on1. The fraction of sp³-hybridized carbons (Fsp3) is 0.474. The third-order valence-electron chi connectivity index (χ3n) is 5.45. The average molecular weight is 375 g/mol. The molecular formula is C19H23ClN4O2. The zero-order valence-corrected chi connectivity index (χ0v) is 15.5. The molecule has 26 heavy (non-hydrogen) atoms. The standard InChI is InChI=1S/C19H23ClN4O2/c1-12-10-18(26-23-12)19(25)24-8-6-13(7-9-24)16-11-17(22-21-16)14-4-2-3-5-15(14)20/h2-5,10,13,16-17,21-22H,6-9,11H2,1H3. The molecule has 2 N–H and O–H groups in total. The predicted molar refractivity (Wildman–Crippen MR) is 98.7 cm³/mol. The van der Waals surface area contributed by atoms with Crippen LogP contribution in [0.1, 0.15) is 47.1 Å². The molecule has 0 saturated carbocycles. The van der Waals surface area contributed by atoms with Crippen molar-refractivity contribution in [2.24, 2.45) is 5.92 Å². The Kier molecular flexibility index (Phi) is 4.98. The zero-order chi connectivity index (χ0) is 18.1. The van der Waals surface area contributed by atoms with Gasteiger partial charge in [0.05, 0.1) is 5.69 Å². The molecule has 0 spiro atoms. The number of carbonyl (C=O) groups excluding carboxylic acids is 1. The van der Waals surface area contributed by atoms with E-state index in [-0.39, 0.29) is 11.9 Å². The lowest BCUT2D eigenvalue weighted by molar-refractivity contribution is 0.0632. The maximum Gasteiger partial charge on any atom is 0.292 e. The largest absolute Gasteiger partial charge is 0.351 e. The van der Waals surface area contributed by atoms with Crippen LogP contribution < -0.4 is 10.9 Å². The molecule has 1 aromatic carbocycles. The second-order valence-corrected chi connectivity index (χ2v) is 7.57. The van der Waals surface area contributed by atoms with E-state index in [1.54, 1.807) is 6.07 Å². The molecule has 2 unspecified atom stereocenters.